The normalized spacial score (nSPS) is 21.1. The standard InChI is InChI=1S/C23H32N2O5/c1-6-11-30-25-21(26)14-19(22(27)29-5)23(25)7-9-24(10-8-23)15-18-12-17(3)20(28-4)13-16(18)2/h6,12-13,19H,1,7-11,14-15H2,2-5H3/t19-/m1/s1. The van der Waals surface area contributed by atoms with Gasteiger partial charge in [0.1, 0.15) is 5.75 Å². The number of benzene rings is 1. The molecule has 0 bridgehead atoms. The lowest BCUT2D eigenvalue weighted by atomic mass is 9.77. The Kier molecular flexibility index (Phi) is 6.83. The SMILES string of the molecule is C=CCON1C(=O)C[C@H](C(=O)OC)C12CCN(Cc1cc(C)c(OC)cc1C)CC2. The predicted octanol–water partition coefficient (Wildman–Crippen LogP) is 2.79. The van der Waals surface area contributed by atoms with E-state index in [4.69, 9.17) is 14.3 Å². The largest absolute Gasteiger partial charge is 0.496 e. The number of nitrogens with zero attached hydrogens (tertiary/aromatic N) is 2. The maximum atomic E-state index is 12.6. The van der Waals surface area contributed by atoms with Crippen molar-refractivity contribution in [2.24, 2.45) is 5.92 Å². The molecule has 2 aliphatic rings. The summed E-state index contributed by atoms with van der Waals surface area (Å²) in [4.78, 5) is 33.2. The van der Waals surface area contributed by atoms with Crippen molar-refractivity contribution < 1.29 is 23.9 Å². The summed E-state index contributed by atoms with van der Waals surface area (Å²) in [6, 6.07) is 4.25. The van der Waals surface area contributed by atoms with Crippen LogP contribution >= 0.6 is 0 Å². The summed E-state index contributed by atoms with van der Waals surface area (Å²) >= 11 is 0. The summed E-state index contributed by atoms with van der Waals surface area (Å²) in [6.45, 7) is 10.4. The molecular formula is C23H32N2O5. The highest BCUT2D eigenvalue weighted by Crippen LogP contribution is 2.44. The average Bonchev–Trinajstić information content (AvgIpc) is 3.01. The first kappa shape index (κ1) is 22.3. The highest BCUT2D eigenvalue weighted by Gasteiger charge is 2.58. The lowest BCUT2D eigenvalue weighted by Crippen LogP contribution is -2.57. The van der Waals surface area contributed by atoms with Crippen LogP contribution in [0.1, 0.15) is 36.0 Å². The molecule has 0 N–H and O–H groups in total. The number of carbonyl (C=O) groups excluding carboxylic acids is 2. The average molecular weight is 417 g/mol. The lowest BCUT2D eigenvalue weighted by molar-refractivity contribution is -0.218. The fourth-order valence-corrected chi connectivity index (χ4v) is 4.74. The number of ether oxygens (including phenoxy) is 2. The van der Waals surface area contributed by atoms with Crippen LogP contribution in [0.15, 0.2) is 24.8 Å². The van der Waals surface area contributed by atoms with E-state index in [1.54, 1.807) is 13.2 Å². The Hall–Kier alpha value is -2.38. The van der Waals surface area contributed by atoms with Gasteiger partial charge in [0.15, 0.2) is 0 Å². The van der Waals surface area contributed by atoms with E-state index in [0.29, 0.717) is 12.8 Å². The number of esters is 1. The van der Waals surface area contributed by atoms with Crippen LogP contribution in [-0.4, -0.2) is 61.3 Å². The number of rotatable bonds is 7. The van der Waals surface area contributed by atoms with Crippen LogP contribution in [0.2, 0.25) is 0 Å². The van der Waals surface area contributed by atoms with Gasteiger partial charge >= 0.3 is 5.97 Å². The van der Waals surface area contributed by atoms with Crippen molar-refractivity contribution in [1.29, 1.82) is 0 Å². The number of methoxy groups -OCH3 is 2. The zero-order valence-corrected chi connectivity index (χ0v) is 18.4. The molecule has 3 rings (SSSR count). The van der Waals surface area contributed by atoms with E-state index in [0.717, 1.165) is 30.9 Å². The number of amides is 1. The van der Waals surface area contributed by atoms with Gasteiger partial charge in [0.25, 0.3) is 0 Å². The number of piperidine rings is 1. The van der Waals surface area contributed by atoms with Gasteiger partial charge in [0.05, 0.1) is 32.3 Å². The molecule has 0 aliphatic carbocycles. The van der Waals surface area contributed by atoms with Crippen LogP contribution < -0.4 is 4.74 Å². The first-order valence-electron chi connectivity index (χ1n) is 10.4. The summed E-state index contributed by atoms with van der Waals surface area (Å²) < 4.78 is 10.4. The van der Waals surface area contributed by atoms with Gasteiger partial charge in [0.2, 0.25) is 5.91 Å². The van der Waals surface area contributed by atoms with Crippen LogP contribution in [-0.2, 0) is 25.7 Å². The maximum Gasteiger partial charge on any atom is 0.311 e. The monoisotopic (exact) mass is 416 g/mol. The molecule has 0 saturated carbocycles. The summed E-state index contributed by atoms with van der Waals surface area (Å²) in [5.41, 5.74) is 2.91. The van der Waals surface area contributed by atoms with E-state index in [2.05, 4.69) is 30.5 Å². The van der Waals surface area contributed by atoms with Crippen LogP contribution in [0.5, 0.6) is 5.75 Å². The Morgan fingerprint density at radius 3 is 2.53 bits per heavy atom. The van der Waals surface area contributed by atoms with Gasteiger partial charge in [-0.3, -0.25) is 19.3 Å². The van der Waals surface area contributed by atoms with Gasteiger partial charge in [-0.25, -0.2) is 5.06 Å². The second-order valence-electron chi connectivity index (χ2n) is 8.18. The molecule has 2 heterocycles. The molecule has 1 atom stereocenters. The van der Waals surface area contributed by atoms with Gasteiger partial charge in [-0.1, -0.05) is 12.1 Å². The van der Waals surface area contributed by atoms with E-state index in [1.165, 1.54) is 23.3 Å². The lowest BCUT2D eigenvalue weighted by Gasteiger charge is -2.45. The van der Waals surface area contributed by atoms with Gasteiger partial charge < -0.3 is 9.47 Å². The maximum absolute atomic E-state index is 12.6. The molecule has 0 aromatic heterocycles. The molecule has 1 amide bonds. The first-order chi connectivity index (χ1) is 14.4. The van der Waals surface area contributed by atoms with Gasteiger partial charge in [0, 0.05) is 26.1 Å². The molecule has 2 aliphatic heterocycles. The molecule has 0 unspecified atom stereocenters. The topological polar surface area (TPSA) is 68.3 Å². The predicted molar refractivity (Wildman–Crippen MR) is 113 cm³/mol. The molecule has 1 aromatic carbocycles. The van der Waals surface area contributed by atoms with E-state index in [-0.39, 0.29) is 24.9 Å². The van der Waals surface area contributed by atoms with Gasteiger partial charge in [-0.15, -0.1) is 6.58 Å². The van der Waals surface area contributed by atoms with Gasteiger partial charge in [-0.05, 0) is 49.4 Å². The minimum absolute atomic E-state index is 0.126. The van der Waals surface area contributed by atoms with Crippen molar-refractivity contribution in [1.82, 2.24) is 9.96 Å². The summed E-state index contributed by atoms with van der Waals surface area (Å²) in [6.07, 6.45) is 3.05. The molecule has 7 heteroatoms. The molecule has 2 saturated heterocycles. The fraction of sp³-hybridized carbons (Fsp3) is 0.565. The Morgan fingerprint density at radius 2 is 1.93 bits per heavy atom. The number of carbonyl (C=O) groups is 2. The van der Waals surface area contributed by atoms with E-state index in [9.17, 15) is 9.59 Å². The van der Waals surface area contributed by atoms with Crippen molar-refractivity contribution in [3.63, 3.8) is 0 Å². The van der Waals surface area contributed by atoms with Crippen molar-refractivity contribution >= 4 is 11.9 Å². The minimum atomic E-state index is -0.658. The number of hydroxylamine groups is 2. The molecule has 30 heavy (non-hydrogen) atoms. The Balaban J connectivity index is 1.76. The van der Waals surface area contributed by atoms with E-state index < -0.39 is 11.5 Å². The van der Waals surface area contributed by atoms with Crippen LogP contribution in [0, 0.1) is 19.8 Å². The molecule has 1 aromatic rings. The van der Waals surface area contributed by atoms with Crippen LogP contribution in [0.4, 0.5) is 0 Å². The molecule has 7 nitrogen and oxygen atoms in total. The van der Waals surface area contributed by atoms with Crippen molar-refractivity contribution in [3.8, 4) is 5.75 Å². The van der Waals surface area contributed by atoms with Gasteiger partial charge in [-0.2, -0.15) is 0 Å². The Labute approximate surface area is 178 Å². The Morgan fingerprint density at radius 1 is 1.23 bits per heavy atom. The third kappa shape index (κ3) is 4.09. The number of hydrogen-bond acceptors (Lipinski definition) is 6. The number of hydrogen-bond donors (Lipinski definition) is 0. The zero-order chi connectivity index (χ0) is 21.9. The first-order valence-corrected chi connectivity index (χ1v) is 10.4. The van der Waals surface area contributed by atoms with E-state index >= 15 is 0 Å². The van der Waals surface area contributed by atoms with E-state index in [1.807, 2.05) is 6.92 Å². The van der Waals surface area contributed by atoms with Crippen molar-refractivity contribution in [2.45, 2.75) is 45.2 Å². The quantitative estimate of drug-likeness (QED) is 0.503. The summed E-state index contributed by atoms with van der Waals surface area (Å²) in [5.74, 6) is -0.119. The summed E-state index contributed by atoms with van der Waals surface area (Å²) in [5, 5.41) is 1.44. The third-order valence-electron chi connectivity index (χ3n) is 6.43. The second-order valence-corrected chi connectivity index (χ2v) is 8.18. The molecule has 164 valence electrons. The number of aryl methyl sites for hydroxylation is 2. The second kappa shape index (κ2) is 9.18. The highest BCUT2D eigenvalue weighted by molar-refractivity contribution is 5.88. The van der Waals surface area contributed by atoms with Crippen molar-refractivity contribution in [2.75, 3.05) is 33.9 Å². The Bertz CT molecular complexity index is 814. The number of likely N-dealkylation sites (tertiary alicyclic amines) is 1. The van der Waals surface area contributed by atoms with Crippen molar-refractivity contribution in [3.05, 3.63) is 41.5 Å². The minimum Gasteiger partial charge on any atom is -0.496 e. The van der Waals surface area contributed by atoms with Crippen LogP contribution in [0.25, 0.3) is 0 Å². The highest BCUT2D eigenvalue weighted by atomic mass is 16.7. The molecule has 1 spiro atoms. The third-order valence-corrected chi connectivity index (χ3v) is 6.43. The smallest absolute Gasteiger partial charge is 0.311 e. The molecule has 2 fully saturated rings. The summed E-state index contributed by atoms with van der Waals surface area (Å²) in [7, 11) is 3.06. The molecule has 0 radical (unpaired) electrons. The van der Waals surface area contributed by atoms with Crippen LogP contribution in [0.3, 0.4) is 0 Å². The zero-order valence-electron chi connectivity index (χ0n) is 18.4. The molecular weight excluding hydrogens is 384 g/mol. The fourth-order valence-electron chi connectivity index (χ4n) is 4.74.